The lowest BCUT2D eigenvalue weighted by Crippen LogP contribution is -2.05. The summed E-state index contributed by atoms with van der Waals surface area (Å²) in [6, 6.07) is 1.65. The molecule has 1 aliphatic rings. The summed E-state index contributed by atoms with van der Waals surface area (Å²) in [6.07, 6.45) is 10.0. The Morgan fingerprint density at radius 3 is 2.85 bits per heavy atom. The van der Waals surface area contributed by atoms with Crippen LogP contribution in [-0.4, -0.2) is 12.6 Å². The highest BCUT2D eigenvalue weighted by molar-refractivity contribution is 5.93. The molecule has 0 unspecified atom stereocenters. The summed E-state index contributed by atoms with van der Waals surface area (Å²) in [6.45, 7) is 6.24. The largest absolute Gasteiger partial charge is 0.460 e. The van der Waals surface area contributed by atoms with Crippen molar-refractivity contribution in [3.05, 3.63) is 48.0 Å². The number of carbonyl (C=O) groups excluding carboxylic acids is 1. The second-order valence-electron chi connectivity index (χ2n) is 5.25. The summed E-state index contributed by atoms with van der Waals surface area (Å²) in [4.78, 5) is 11.7. The number of nitrogen functional groups attached to an aromatic ring is 1. The van der Waals surface area contributed by atoms with Gasteiger partial charge in [-0.15, -0.1) is 0 Å². The maximum Gasteiger partial charge on any atom is 0.376 e. The second kappa shape index (κ2) is 5.41. The van der Waals surface area contributed by atoms with E-state index in [1.165, 1.54) is 0 Å². The van der Waals surface area contributed by atoms with Crippen molar-refractivity contribution < 1.29 is 13.9 Å². The first kappa shape index (κ1) is 14.2. The Balaban J connectivity index is 2.31. The van der Waals surface area contributed by atoms with Crippen LogP contribution in [0.15, 0.2) is 40.9 Å². The molecule has 0 aromatic carbocycles. The van der Waals surface area contributed by atoms with Crippen LogP contribution in [0.4, 0.5) is 5.69 Å². The van der Waals surface area contributed by atoms with E-state index in [4.69, 9.17) is 14.9 Å². The van der Waals surface area contributed by atoms with Crippen molar-refractivity contribution in [3.8, 4) is 0 Å². The zero-order chi connectivity index (χ0) is 14.8. The van der Waals surface area contributed by atoms with Gasteiger partial charge in [-0.25, -0.2) is 4.79 Å². The van der Waals surface area contributed by atoms with Gasteiger partial charge in [0.1, 0.15) is 5.76 Å². The normalized spacial score (nSPS) is 16.6. The summed E-state index contributed by atoms with van der Waals surface area (Å²) < 4.78 is 10.4. The molecule has 4 nitrogen and oxygen atoms in total. The van der Waals surface area contributed by atoms with Crippen LogP contribution in [0.1, 0.15) is 37.1 Å². The average Bonchev–Trinajstić information content (AvgIpc) is 2.66. The minimum atomic E-state index is -0.537. The molecule has 4 heteroatoms. The zero-order valence-corrected chi connectivity index (χ0v) is 12.0. The molecule has 20 heavy (non-hydrogen) atoms. The van der Waals surface area contributed by atoms with Gasteiger partial charge in [0.2, 0.25) is 5.76 Å². The molecule has 1 aromatic heterocycles. The van der Waals surface area contributed by atoms with Crippen LogP contribution in [0, 0.1) is 5.41 Å². The van der Waals surface area contributed by atoms with Gasteiger partial charge in [-0.05, 0) is 6.92 Å². The Hall–Kier alpha value is -2.23. The number of carbonyl (C=O) groups is 1. The first-order valence-electron chi connectivity index (χ1n) is 6.58. The van der Waals surface area contributed by atoms with E-state index >= 15 is 0 Å². The molecule has 0 radical (unpaired) electrons. The Kier molecular flexibility index (Phi) is 3.84. The van der Waals surface area contributed by atoms with Crippen LogP contribution in [0.2, 0.25) is 0 Å². The monoisotopic (exact) mass is 273 g/mol. The van der Waals surface area contributed by atoms with Crippen molar-refractivity contribution >= 4 is 17.2 Å². The van der Waals surface area contributed by atoms with Crippen LogP contribution in [0.25, 0.3) is 5.57 Å². The first-order valence-corrected chi connectivity index (χ1v) is 6.58. The molecule has 1 heterocycles. The van der Waals surface area contributed by atoms with Gasteiger partial charge in [0.15, 0.2) is 0 Å². The minimum Gasteiger partial charge on any atom is -0.460 e. The van der Waals surface area contributed by atoms with E-state index in [9.17, 15) is 4.79 Å². The molecule has 2 N–H and O–H groups in total. The van der Waals surface area contributed by atoms with Gasteiger partial charge in [-0.2, -0.15) is 0 Å². The number of hydrogen-bond donors (Lipinski definition) is 1. The fourth-order valence-corrected chi connectivity index (χ4v) is 1.88. The SMILES string of the molecule is CCOC(=O)c1oc(C2=CC=CC(C)(C)C=C2)cc1N. The lowest BCUT2D eigenvalue weighted by atomic mass is 9.93. The maximum atomic E-state index is 11.7. The fraction of sp³-hybridized carbons (Fsp3) is 0.312. The summed E-state index contributed by atoms with van der Waals surface area (Å²) in [5.74, 6) is 0.0816. The molecule has 1 aromatic rings. The average molecular weight is 273 g/mol. The molecule has 0 fully saturated rings. The molecule has 1 aliphatic carbocycles. The predicted molar refractivity (Wildman–Crippen MR) is 79.1 cm³/mol. The fourth-order valence-electron chi connectivity index (χ4n) is 1.88. The van der Waals surface area contributed by atoms with Crippen LogP contribution in [-0.2, 0) is 4.74 Å². The molecular weight excluding hydrogens is 254 g/mol. The molecule has 0 atom stereocenters. The molecule has 0 saturated carbocycles. The van der Waals surface area contributed by atoms with Gasteiger partial charge in [0.05, 0.1) is 12.3 Å². The van der Waals surface area contributed by atoms with Crippen molar-refractivity contribution in [2.24, 2.45) is 5.41 Å². The smallest absolute Gasteiger partial charge is 0.376 e. The molecule has 0 amide bonds. The van der Waals surface area contributed by atoms with E-state index in [0.717, 1.165) is 5.57 Å². The van der Waals surface area contributed by atoms with Crippen LogP contribution in [0.3, 0.4) is 0 Å². The maximum absolute atomic E-state index is 11.7. The van der Waals surface area contributed by atoms with Crippen LogP contribution >= 0.6 is 0 Å². The lowest BCUT2D eigenvalue weighted by Gasteiger charge is -2.12. The summed E-state index contributed by atoms with van der Waals surface area (Å²) in [7, 11) is 0. The van der Waals surface area contributed by atoms with Gasteiger partial charge in [0, 0.05) is 17.1 Å². The van der Waals surface area contributed by atoms with Gasteiger partial charge >= 0.3 is 5.97 Å². The Morgan fingerprint density at radius 1 is 1.40 bits per heavy atom. The predicted octanol–water partition coefficient (Wildman–Crippen LogP) is 3.57. The van der Waals surface area contributed by atoms with Crippen LogP contribution < -0.4 is 5.73 Å². The molecule has 0 spiro atoms. The Bertz CT molecular complexity index is 603. The molecule has 0 bridgehead atoms. The van der Waals surface area contributed by atoms with E-state index in [-0.39, 0.29) is 17.8 Å². The number of esters is 1. The highest BCUT2D eigenvalue weighted by Crippen LogP contribution is 2.30. The van der Waals surface area contributed by atoms with E-state index < -0.39 is 5.97 Å². The molecule has 106 valence electrons. The Labute approximate surface area is 118 Å². The number of hydrogen-bond acceptors (Lipinski definition) is 4. The summed E-state index contributed by atoms with van der Waals surface area (Å²) in [5.41, 5.74) is 6.96. The third-order valence-electron chi connectivity index (χ3n) is 3.00. The first-order chi connectivity index (χ1) is 9.43. The molecule has 0 aliphatic heterocycles. The van der Waals surface area contributed by atoms with Crippen molar-refractivity contribution in [3.63, 3.8) is 0 Å². The third kappa shape index (κ3) is 3.02. The minimum absolute atomic E-state index is 0.0135. The number of nitrogens with two attached hydrogens (primary N) is 1. The summed E-state index contributed by atoms with van der Waals surface area (Å²) >= 11 is 0. The van der Waals surface area contributed by atoms with E-state index in [1.807, 2.05) is 18.2 Å². The summed E-state index contributed by atoms with van der Waals surface area (Å²) in [5, 5.41) is 0. The standard InChI is InChI=1S/C16H19NO3/c1-4-19-15(18)14-12(17)10-13(20-14)11-6-5-8-16(2,3)9-7-11/h5-10H,4,17H2,1-3H3. The number of allylic oxidation sites excluding steroid dienone is 6. The van der Waals surface area contributed by atoms with E-state index in [1.54, 1.807) is 13.0 Å². The number of rotatable bonds is 3. The number of furan rings is 1. The number of ether oxygens (including phenoxy) is 1. The van der Waals surface area contributed by atoms with Crippen molar-refractivity contribution in [2.75, 3.05) is 12.3 Å². The topological polar surface area (TPSA) is 65.5 Å². The third-order valence-corrected chi connectivity index (χ3v) is 3.00. The van der Waals surface area contributed by atoms with Crippen molar-refractivity contribution in [1.82, 2.24) is 0 Å². The zero-order valence-electron chi connectivity index (χ0n) is 12.0. The van der Waals surface area contributed by atoms with E-state index in [2.05, 4.69) is 26.0 Å². The van der Waals surface area contributed by atoms with E-state index in [0.29, 0.717) is 11.4 Å². The molecule has 2 rings (SSSR count). The second-order valence-corrected chi connectivity index (χ2v) is 5.25. The quantitative estimate of drug-likeness (QED) is 0.855. The lowest BCUT2D eigenvalue weighted by molar-refractivity contribution is 0.0491. The van der Waals surface area contributed by atoms with Gasteiger partial charge in [-0.1, -0.05) is 44.2 Å². The van der Waals surface area contributed by atoms with Gasteiger partial charge in [0.25, 0.3) is 0 Å². The number of anilines is 1. The van der Waals surface area contributed by atoms with Crippen molar-refractivity contribution in [2.45, 2.75) is 20.8 Å². The van der Waals surface area contributed by atoms with Gasteiger partial charge < -0.3 is 14.9 Å². The molecule has 0 saturated heterocycles. The highest BCUT2D eigenvalue weighted by Gasteiger charge is 2.19. The highest BCUT2D eigenvalue weighted by atomic mass is 16.5. The van der Waals surface area contributed by atoms with Crippen LogP contribution in [0.5, 0.6) is 0 Å². The Morgan fingerprint density at radius 2 is 2.15 bits per heavy atom. The molecular formula is C16H19NO3. The van der Waals surface area contributed by atoms with Gasteiger partial charge in [-0.3, -0.25) is 0 Å². The van der Waals surface area contributed by atoms with Crippen molar-refractivity contribution in [1.29, 1.82) is 0 Å².